The number of amides is 1. The van der Waals surface area contributed by atoms with Crippen molar-refractivity contribution in [2.24, 2.45) is 0 Å². The third-order valence-corrected chi connectivity index (χ3v) is 3.98. The van der Waals surface area contributed by atoms with E-state index < -0.39 is 0 Å². The minimum absolute atomic E-state index is 0.125. The molecule has 3 aromatic rings. The maximum Gasteiger partial charge on any atom is 0.287 e. The van der Waals surface area contributed by atoms with Gasteiger partial charge in [0.25, 0.3) is 5.91 Å². The Morgan fingerprint density at radius 3 is 2.71 bits per heavy atom. The van der Waals surface area contributed by atoms with Crippen molar-refractivity contribution in [3.05, 3.63) is 66.1 Å². The molecule has 1 unspecified atom stereocenters. The van der Waals surface area contributed by atoms with Gasteiger partial charge >= 0.3 is 0 Å². The quantitative estimate of drug-likeness (QED) is 0.724. The van der Waals surface area contributed by atoms with Gasteiger partial charge in [-0.05, 0) is 48.4 Å². The predicted octanol–water partition coefficient (Wildman–Crippen LogP) is 4.54. The SMILES string of the molecule is CCC(C)NC(=O)c1ccc(COc2ccc3ccccc3c2)o1. The van der Waals surface area contributed by atoms with Crippen LogP contribution < -0.4 is 10.1 Å². The number of hydrogen-bond acceptors (Lipinski definition) is 3. The summed E-state index contributed by atoms with van der Waals surface area (Å²) in [6, 6.07) is 17.6. The monoisotopic (exact) mass is 323 g/mol. The number of furan rings is 1. The third-order valence-electron chi connectivity index (χ3n) is 3.98. The fourth-order valence-electron chi connectivity index (χ4n) is 2.39. The number of rotatable bonds is 6. The van der Waals surface area contributed by atoms with Crippen molar-refractivity contribution in [3.63, 3.8) is 0 Å². The van der Waals surface area contributed by atoms with E-state index in [1.165, 1.54) is 5.39 Å². The molecular weight excluding hydrogens is 302 g/mol. The molecule has 0 aliphatic carbocycles. The predicted molar refractivity (Wildman–Crippen MR) is 94.2 cm³/mol. The summed E-state index contributed by atoms with van der Waals surface area (Å²) in [5, 5.41) is 5.18. The Kier molecular flexibility index (Phi) is 4.85. The fourth-order valence-corrected chi connectivity index (χ4v) is 2.39. The summed E-state index contributed by atoms with van der Waals surface area (Å²) >= 11 is 0. The van der Waals surface area contributed by atoms with Gasteiger partial charge in [0.2, 0.25) is 0 Å². The topological polar surface area (TPSA) is 51.5 Å². The Balaban J connectivity index is 1.63. The molecule has 0 radical (unpaired) electrons. The van der Waals surface area contributed by atoms with Crippen LogP contribution in [-0.4, -0.2) is 11.9 Å². The van der Waals surface area contributed by atoms with E-state index in [0.29, 0.717) is 11.5 Å². The molecule has 4 nitrogen and oxygen atoms in total. The van der Waals surface area contributed by atoms with Crippen LogP contribution in [0.1, 0.15) is 36.6 Å². The van der Waals surface area contributed by atoms with Gasteiger partial charge in [-0.2, -0.15) is 0 Å². The van der Waals surface area contributed by atoms with Crippen LogP contribution in [0.5, 0.6) is 5.75 Å². The molecule has 0 bridgehead atoms. The Hall–Kier alpha value is -2.75. The van der Waals surface area contributed by atoms with Gasteiger partial charge in [0.1, 0.15) is 18.1 Å². The molecule has 1 atom stereocenters. The number of carbonyl (C=O) groups is 1. The molecule has 1 heterocycles. The Labute approximate surface area is 141 Å². The lowest BCUT2D eigenvalue weighted by Gasteiger charge is -2.09. The zero-order chi connectivity index (χ0) is 16.9. The first-order valence-electron chi connectivity index (χ1n) is 8.17. The third kappa shape index (κ3) is 3.77. The average Bonchev–Trinajstić information content (AvgIpc) is 3.09. The Morgan fingerprint density at radius 2 is 1.92 bits per heavy atom. The van der Waals surface area contributed by atoms with E-state index >= 15 is 0 Å². The number of benzene rings is 2. The summed E-state index contributed by atoms with van der Waals surface area (Å²) in [4.78, 5) is 12.0. The van der Waals surface area contributed by atoms with Crippen LogP contribution in [-0.2, 0) is 6.61 Å². The van der Waals surface area contributed by atoms with E-state index in [4.69, 9.17) is 9.15 Å². The van der Waals surface area contributed by atoms with Crippen molar-refractivity contribution >= 4 is 16.7 Å². The van der Waals surface area contributed by atoms with Gasteiger partial charge in [-0.25, -0.2) is 0 Å². The van der Waals surface area contributed by atoms with Crippen molar-refractivity contribution in [1.29, 1.82) is 0 Å². The molecule has 0 aliphatic heterocycles. The van der Waals surface area contributed by atoms with Gasteiger partial charge in [-0.3, -0.25) is 4.79 Å². The molecule has 0 aliphatic rings. The van der Waals surface area contributed by atoms with Crippen molar-refractivity contribution < 1.29 is 13.9 Å². The second-order valence-electron chi connectivity index (χ2n) is 5.85. The maximum atomic E-state index is 12.0. The highest BCUT2D eigenvalue weighted by Gasteiger charge is 2.13. The lowest BCUT2D eigenvalue weighted by atomic mass is 10.1. The first kappa shape index (κ1) is 16.1. The number of nitrogens with one attached hydrogen (secondary N) is 1. The zero-order valence-electron chi connectivity index (χ0n) is 13.9. The minimum Gasteiger partial charge on any atom is -0.486 e. The van der Waals surface area contributed by atoms with E-state index in [1.807, 2.05) is 50.2 Å². The Morgan fingerprint density at radius 1 is 1.12 bits per heavy atom. The second kappa shape index (κ2) is 7.21. The molecule has 0 saturated heterocycles. The van der Waals surface area contributed by atoms with E-state index in [2.05, 4.69) is 11.4 Å². The number of fused-ring (bicyclic) bond motifs is 1. The second-order valence-corrected chi connectivity index (χ2v) is 5.85. The number of hydrogen-bond donors (Lipinski definition) is 1. The first-order valence-corrected chi connectivity index (χ1v) is 8.17. The molecule has 0 fully saturated rings. The minimum atomic E-state index is -0.193. The molecule has 1 aromatic heterocycles. The molecule has 4 heteroatoms. The highest BCUT2D eigenvalue weighted by molar-refractivity contribution is 5.91. The lowest BCUT2D eigenvalue weighted by molar-refractivity contribution is 0.0907. The first-order chi connectivity index (χ1) is 11.7. The molecule has 24 heavy (non-hydrogen) atoms. The van der Waals surface area contributed by atoms with Crippen LogP contribution in [0.2, 0.25) is 0 Å². The van der Waals surface area contributed by atoms with Crippen molar-refractivity contribution in [3.8, 4) is 5.75 Å². The largest absolute Gasteiger partial charge is 0.486 e. The summed E-state index contributed by atoms with van der Waals surface area (Å²) in [5.41, 5.74) is 0. The molecular formula is C20H21NO3. The summed E-state index contributed by atoms with van der Waals surface area (Å²) in [6.07, 6.45) is 0.879. The van der Waals surface area contributed by atoms with Gasteiger partial charge < -0.3 is 14.5 Å². The maximum absolute atomic E-state index is 12.0. The number of carbonyl (C=O) groups excluding carboxylic acids is 1. The van der Waals surface area contributed by atoms with E-state index in [0.717, 1.165) is 17.6 Å². The standard InChI is InChI=1S/C20H21NO3/c1-3-14(2)21-20(22)19-11-10-18(24-19)13-23-17-9-8-15-6-4-5-7-16(15)12-17/h4-12,14H,3,13H2,1-2H3,(H,21,22). The average molecular weight is 323 g/mol. The summed E-state index contributed by atoms with van der Waals surface area (Å²) in [5.74, 6) is 1.52. The highest BCUT2D eigenvalue weighted by atomic mass is 16.5. The van der Waals surface area contributed by atoms with Gasteiger partial charge in [-0.1, -0.05) is 37.3 Å². The van der Waals surface area contributed by atoms with Gasteiger partial charge in [0.15, 0.2) is 5.76 Å². The van der Waals surface area contributed by atoms with Gasteiger partial charge in [-0.15, -0.1) is 0 Å². The molecule has 3 rings (SSSR count). The summed E-state index contributed by atoms with van der Waals surface area (Å²) in [6.45, 7) is 4.27. The van der Waals surface area contributed by atoms with Crippen LogP contribution in [0.4, 0.5) is 0 Å². The summed E-state index contributed by atoms with van der Waals surface area (Å²) < 4.78 is 11.3. The van der Waals surface area contributed by atoms with Gasteiger partial charge in [0.05, 0.1) is 0 Å². The fraction of sp³-hybridized carbons (Fsp3) is 0.250. The molecule has 0 saturated carbocycles. The van der Waals surface area contributed by atoms with E-state index in [-0.39, 0.29) is 18.6 Å². The number of ether oxygens (including phenoxy) is 1. The highest BCUT2D eigenvalue weighted by Crippen LogP contribution is 2.21. The molecule has 124 valence electrons. The Bertz CT molecular complexity index is 838. The van der Waals surface area contributed by atoms with Gasteiger partial charge in [0, 0.05) is 6.04 Å². The van der Waals surface area contributed by atoms with E-state index in [1.54, 1.807) is 12.1 Å². The van der Waals surface area contributed by atoms with Crippen molar-refractivity contribution in [2.45, 2.75) is 32.9 Å². The zero-order valence-corrected chi connectivity index (χ0v) is 13.9. The lowest BCUT2D eigenvalue weighted by Crippen LogP contribution is -2.31. The van der Waals surface area contributed by atoms with Crippen LogP contribution in [0.15, 0.2) is 59.0 Å². The van der Waals surface area contributed by atoms with Crippen LogP contribution in [0, 0.1) is 0 Å². The van der Waals surface area contributed by atoms with Crippen LogP contribution >= 0.6 is 0 Å². The smallest absolute Gasteiger partial charge is 0.287 e. The normalized spacial score (nSPS) is 12.1. The summed E-state index contributed by atoms with van der Waals surface area (Å²) in [7, 11) is 0. The van der Waals surface area contributed by atoms with E-state index in [9.17, 15) is 4.79 Å². The molecule has 0 spiro atoms. The molecule has 2 aromatic carbocycles. The van der Waals surface area contributed by atoms with Crippen LogP contribution in [0.3, 0.4) is 0 Å². The van der Waals surface area contributed by atoms with Crippen molar-refractivity contribution in [2.75, 3.05) is 0 Å². The van der Waals surface area contributed by atoms with Crippen LogP contribution in [0.25, 0.3) is 10.8 Å². The molecule has 1 N–H and O–H groups in total. The van der Waals surface area contributed by atoms with Crippen molar-refractivity contribution in [1.82, 2.24) is 5.32 Å². The molecule has 1 amide bonds.